The summed E-state index contributed by atoms with van der Waals surface area (Å²) in [7, 11) is 3.83. The molecule has 1 saturated heterocycles. The maximum Gasteiger partial charge on any atom is 0.191 e. The molecule has 6 nitrogen and oxygen atoms in total. The Kier molecular flexibility index (Phi) is 12.1. The summed E-state index contributed by atoms with van der Waals surface area (Å²) >= 11 is 6.32. The zero-order valence-corrected chi connectivity index (χ0v) is 20.6. The molecule has 0 amide bonds. The summed E-state index contributed by atoms with van der Waals surface area (Å²) in [6, 6.07) is 6.26. The zero-order chi connectivity index (χ0) is 19.6. The van der Waals surface area contributed by atoms with Gasteiger partial charge in [0.2, 0.25) is 0 Å². The fourth-order valence-electron chi connectivity index (χ4n) is 3.12. The lowest BCUT2D eigenvalue weighted by atomic mass is 10.1. The van der Waals surface area contributed by atoms with Crippen molar-refractivity contribution in [2.75, 3.05) is 60.0 Å². The minimum atomic E-state index is 0. The van der Waals surface area contributed by atoms with Gasteiger partial charge in [0.05, 0.1) is 13.7 Å². The molecule has 160 valence electrons. The predicted molar refractivity (Wildman–Crippen MR) is 130 cm³/mol. The number of likely N-dealkylation sites (N-methyl/N-ethyl adjacent to an activating group) is 1. The highest BCUT2D eigenvalue weighted by molar-refractivity contribution is 14.0. The van der Waals surface area contributed by atoms with Crippen LogP contribution < -0.4 is 15.4 Å². The molecule has 0 radical (unpaired) electrons. The first-order chi connectivity index (χ1) is 13.0. The Bertz CT molecular complexity index is 608. The number of rotatable bonds is 8. The van der Waals surface area contributed by atoms with Crippen molar-refractivity contribution in [3.05, 3.63) is 28.8 Å². The number of ether oxygens (including phenoxy) is 1. The molecule has 1 aromatic rings. The molecule has 0 aromatic heterocycles. The molecule has 1 heterocycles. The van der Waals surface area contributed by atoms with Crippen molar-refractivity contribution in [1.82, 2.24) is 20.4 Å². The highest BCUT2D eigenvalue weighted by Gasteiger charge is 2.18. The van der Waals surface area contributed by atoms with Crippen LogP contribution in [-0.2, 0) is 6.42 Å². The largest absolute Gasteiger partial charge is 0.497 e. The molecular weight excluding hydrogens is 489 g/mol. The second kappa shape index (κ2) is 13.5. The zero-order valence-electron chi connectivity index (χ0n) is 17.5. The van der Waals surface area contributed by atoms with Gasteiger partial charge in [-0.1, -0.05) is 17.7 Å². The van der Waals surface area contributed by atoms with E-state index in [4.69, 9.17) is 21.3 Å². The lowest BCUT2D eigenvalue weighted by molar-refractivity contribution is 0.122. The van der Waals surface area contributed by atoms with E-state index in [-0.39, 0.29) is 24.0 Å². The monoisotopic (exact) mass is 523 g/mol. The van der Waals surface area contributed by atoms with Gasteiger partial charge in [0.15, 0.2) is 5.96 Å². The van der Waals surface area contributed by atoms with Crippen molar-refractivity contribution in [3.8, 4) is 5.75 Å². The van der Waals surface area contributed by atoms with Gasteiger partial charge in [-0.05, 0) is 45.0 Å². The number of guanidine groups is 1. The third-order valence-corrected chi connectivity index (χ3v) is 5.32. The highest BCUT2D eigenvalue weighted by Crippen LogP contribution is 2.22. The lowest BCUT2D eigenvalue weighted by Gasteiger charge is -2.35. The van der Waals surface area contributed by atoms with Crippen LogP contribution in [0.1, 0.15) is 19.4 Å². The van der Waals surface area contributed by atoms with Crippen molar-refractivity contribution >= 4 is 41.5 Å². The van der Waals surface area contributed by atoms with Crippen molar-refractivity contribution in [2.45, 2.75) is 26.3 Å². The first-order valence-corrected chi connectivity index (χ1v) is 10.2. The molecule has 28 heavy (non-hydrogen) atoms. The average molecular weight is 524 g/mol. The number of aliphatic imine (C=N–C) groups is 1. The number of methoxy groups -OCH3 is 1. The standard InChI is InChI=1S/C20H34ClN5O.HI/c1-5-22-20(24-15-16(2)26-12-10-25(3)11-13-26)23-9-8-17-6-7-18(27-4)14-19(17)21;/h6-7,14,16H,5,8-13,15H2,1-4H3,(H2,22,23,24);1H. The Balaban J connectivity index is 0.00000392. The molecule has 2 N–H and O–H groups in total. The second-order valence-corrected chi connectivity index (χ2v) is 7.45. The maximum atomic E-state index is 6.32. The van der Waals surface area contributed by atoms with Crippen molar-refractivity contribution in [1.29, 1.82) is 0 Å². The summed E-state index contributed by atoms with van der Waals surface area (Å²) in [4.78, 5) is 9.67. The van der Waals surface area contributed by atoms with E-state index in [0.717, 1.165) is 74.5 Å². The van der Waals surface area contributed by atoms with Crippen molar-refractivity contribution in [2.24, 2.45) is 4.99 Å². The number of hydrogen-bond acceptors (Lipinski definition) is 4. The third kappa shape index (κ3) is 8.31. The van der Waals surface area contributed by atoms with E-state index in [1.807, 2.05) is 18.2 Å². The normalized spacial score (nSPS) is 17.0. The van der Waals surface area contributed by atoms with E-state index in [9.17, 15) is 0 Å². The van der Waals surface area contributed by atoms with Crippen LogP contribution in [0.3, 0.4) is 0 Å². The molecule has 2 rings (SSSR count). The third-order valence-electron chi connectivity index (χ3n) is 4.97. The van der Waals surface area contributed by atoms with Gasteiger partial charge in [0, 0.05) is 50.3 Å². The number of benzene rings is 1. The van der Waals surface area contributed by atoms with Crippen LogP contribution >= 0.6 is 35.6 Å². The van der Waals surface area contributed by atoms with Crippen LogP contribution in [0.5, 0.6) is 5.75 Å². The Labute approximate surface area is 192 Å². The van der Waals surface area contributed by atoms with Gasteiger partial charge in [-0.15, -0.1) is 24.0 Å². The Morgan fingerprint density at radius 1 is 1.25 bits per heavy atom. The Morgan fingerprint density at radius 3 is 2.57 bits per heavy atom. The molecule has 1 atom stereocenters. The summed E-state index contributed by atoms with van der Waals surface area (Å²) in [5, 5.41) is 7.48. The van der Waals surface area contributed by atoms with Gasteiger partial charge in [-0.25, -0.2) is 0 Å². The number of piperazine rings is 1. The topological polar surface area (TPSA) is 52.1 Å². The van der Waals surface area contributed by atoms with Gasteiger partial charge < -0.3 is 20.3 Å². The number of nitrogens with zero attached hydrogens (tertiary/aromatic N) is 3. The smallest absolute Gasteiger partial charge is 0.191 e. The number of nitrogens with one attached hydrogen (secondary N) is 2. The highest BCUT2D eigenvalue weighted by atomic mass is 127. The van der Waals surface area contributed by atoms with Gasteiger partial charge in [-0.3, -0.25) is 9.89 Å². The van der Waals surface area contributed by atoms with Gasteiger partial charge in [0.1, 0.15) is 5.75 Å². The molecule has 8 heteroatoms. The van der Waals surface area contributed by atoms with Gasteiger partial charge in [0.25, 0.3) is 0 Å². The van der Waals surface area contributed by atoms with Gasteiger partial charge >= 0.3 is 0 Å². The predicted octanol–water partition coefficient (Wildman–Crippen LogP) is 2.70. The minimum Gasteiger partial charge on any atom is -0.497 e. The first kappa shape index (κ1) is 25.3. The van der Waals surface area contributed by atoms with E-state index in [1.54, 1.807) is 7.11 Å². The fourth-order valence-corrected chi connectivity index (χ4v) is 3.38. The molecule has 1 fully saturated rings. The molecule has 0 spiro atoms. The first-order valence-electron chi connectivity index (χ1n) is 9.80. The van der Waals surface area contributed by atoms with Crippen LogP contribution in [0, 0.1) is 0 Å². The molecular formula is C20H35ClIN5O. The summed E-state index contributed by atoms with van der Waals surface area (Å²) in [6.07, 6.45) is 0.835. The van der Waals surface area contributed by atoms with E-state index < -0.39 is 0 Å². The summed E-state index contributed by atoms with van der Waals surface area (Å²) < 4.78 is 5.20. The SMILES string of the molecule is CCNC(=NCC(C)N1CCN(C)CC1)NCCc1ccc(OC)cc1Cl.I. The van der Waals surface area contributed by atoms with Crippen molar-refractivity contribution in [3.63, 3.8) is 0 Å². The second-order valence-electron chi connectivity index (χ2n) is 7.04. The average Bonchev–Trinajstić information content (AvgIpc) is 2.67. The van der Waals surface area contributed by atoms with Crippen LogP contribution in [0.2, 0.25) is 5.02 Å². The van der Waals surface area contributed by atoms with E-state index in [1.165, 1.54) is 0 Å². The lowest BCUT2D eigenvalue weighted by Crippen LogP contribution is -2.49. The number of hydrogen-bond donors (Lipinski definition) is 2. The Hall–Kier alpha value is -0.770. The van der Waals surface area contributed by atoms with Crippen LogP contribution in [0.4, 0.5) is 0 Å². The van der Waals surface area contributed by atoms with E-state index in [2.05, 4.69) is 41.3 Å². The van der Waals surface area contributed by atoms with Gasteiger partial charge in [-0.2, -0.15) is 0 Å². The molecule has 1 aromatic carbocycles. The molecule has 0 saturated carbocycles. The molecule has 1 aliphatic rings. The maximum absolute atomic E-state index is 6.32. The summed E-state index contributed by atoms with van der Waals surface area (Å²) in [5.41, 5.74) is 1.10. The quantitative estimate of drug-likeness (QED) is 0.312. The van der Waals surface area contributed by atoms with E-state index >= 15 is 0 Å². The van der Waals surface area contributed by atoms with Crippen LogP contribution in [0.25, 0.3) is 0 Å². The summed E-state index contributed by atoms with van der Waals surface area (Å²) in [6.45, 7) is 11.3. The minimum absolute atomic E-state index is 0. The Morgan fingerprint density at radius 2 is 1.96 bits per heavy atom. The molecule has 1 aliphatic heterocycles. The van der Waals surface area contributed by atoms with Crippen molar-refractivity contribution < 1.29 is 4.74 Å². The van der Waals surface area contributed by atoms with E-state index in [0.29, 0.717) is 6.04 Å². The molecule has 1 unspecified atom stereocenters. The fraction of sp³-hybridized carbons (Fsp3) is 0.650. The number of halogens is 2. The molecule has 0 aliphatic carbocycles. The van der Waals surface area contributed by atoms with Crippen LogP contribution in [-0.4, -0.2) is 81.8 Å². The molecule has 0 bridgehead atoms. The van der Waals surface area contributed by atoms with Crippen LogP contribution in [0.15, 0.2) is 23.2 Å². The summed E-state index contributed by atoms with van der Waals surface area (Å²) in [5.74, 6) is 1.65.